The summed E-state index contributed by atoms with van der Waals surface area (Å²) in [5.41, 5.74) is -1.44. The third-order valence-electron chi connectivity index (χ3n) is 3.16. The van der Waals surface area contributed by atoms with Gasteiger partial charge < -0.3 is 0 Å². The Morgan fingerprint density at radius 1 is 0.720 bits per heavy atom. The molecule has 0 N–H and O–H groups in total. The molecule has 0 saturated carbocycles. The van der Waals surface area contributed by atoms with E-state index in [9.17, 15) is 39.5 Å². The van der Waals surface area contributed by atoms with E-state index in [1.54, 1.807) is 0 Å². The van der Waals surface area contributed by atoms with Gasteiger partial charge in [-0.05, 0) is 18.0 Å². The lowest BCUT2D eigenvalue weighted by Crippen LogP contribution is -2.59. The number of rotatable bonds is 6. The molecule has 0 fully saturated rings. The van der Waals surface area contributed by atoms with Crippen LogP contribution in [-0.4, -0.2) is 24.0 Å². The molecule has 0 radical (unpaired) electrons. The highest BCUT2D eigenvalue weighted by molar-refractivity contribution is 7.64. The van der Waals surface area contributed by atoms with Crippen molar-refractivity contribution in [3.05, 3.63) is 35.4 Å². The lowest BCUT2D eigenvalue weighted by molar-refractivity contribution is -0.399. The first kappa shape index (κ1) is 22.7. The molecule has 1 aromatic carbocycles. The molecule has 0 aromatic heterocycles. The smallest absolute Gasteiger partial charge is 0.194 e. The minimum Gasteiger partial charge on any atom is -0.194 e. The van der Waals surface area contributed by atoms with Gasteiger partial charge in [0.15, 0.2) is 0 Å². The molecule has 13 heteroatoms. The van der Waals surface area contributed by atoms with Crippen molar-refractivity contribution >= 4 is 39.2 Å². The van der Waals surface area contributed by atoms with Gasteiger partial charge in [-0.15, -0.1) is 33.2 Å². The highest BCUT2D eigenvalue weighted by Gasteiger charge is 2.81. The van der Waals surface area contributed by atoms with Crippen molar-refractivity contribution in [3.8, 4) is 0 Å². The van der Waals surface area contributed by atoms with Crippen molar-refractivity contribution in [2.45, 2.75) is 36.4 Å². The van der Waals surface area contributed by atoms with Crippen LogP contribution in [0.5, 0.6) is 0 Å². The fourth-order valence-corrected chi connectivity index (χ4v) is 3.15. The summed E-state index contributed by atoms with van der Waals surface area (Å²) in [4.78, 5) is 0. The molecule has 0 saturated heterocycles. The zero-order chi connectivity index (χ0) is 19.9. The second-order valence-corrected chi connectivity index (χ2v) is 14.3. The van der Waals surface area contributed by atoms with Crippen molar-refractivity contribution in [2.75, 3.05) is 0 Å². The highest BCUT2D eigenvalue weighted by Crippen LogP contribution is 2.56. The molecule has 0 bridgehead atoms. The van der Waals surface area contributed by atoms with Crippen LogP contribution in [0.4, 0.5) is 39.5 Å². The maximum absolute atomic E-state index is 13.7. The van der Waals surface area contributed by atoms with Gasteiger partial charge in [0.25, 0.3) is 0 Å². The Labute approximate surface area is 151 Å². The molecule has 1 aromatic rings. The molecule has 0 aliphatic carbocycles. The molecule has 0 aliphatic rings. The van der Waals surface area contributed by atoms with Crippen LogP contribution in [0.15, 0.2) is 24.3 Å². The van der Waals surface area contributed by atoms with Gasteiger partial charge in [-0.1, -0.05) is 24.3 Å². The summed E-state index contributed by atoms with van der Waals surface area (Å²) in [6.07, 6.45) is -6.78. The lowest BCUT2D eigenvalue weighted by Gasteiger charge is -2.33. The average molecular weight is 458 g/mol. The van der Waals surface area contributed by atoms with Crippen LogP contribution in [0.25, 0.3) is 0 Å². The van der Waals surface area contributed by atoms with E-state index in [0.717, 1.165) is 12.1 Å². The number of halogens is 12. The van der Waals surface area contributed by atoms with Gasteiger partial charge in [0.2, 0.25) is 0 Å². The second-order valence-electron chi connectivity index (χ2n) is 5.03. The fourth-order valence-electron chi connectivity index (χ4n) is 1.72. The van der Waals surface area contributed by atoms with Gasteiger partial charge in [0.05, 0.1) is 0 Å². The predicted octanol–water partition coefficient (Wildman–Crippen LogP) is 6.81. The third kappa shape index (κ3) is 4.70. The Bertz CT molecular complexity index is 593. The maximum Gasteiger partial charge on any atom is 0.460 e. The number of benzene rings is 1. The van der Waals surface area contributed by atoms with E-state index in [1.807, 2.05) is 0 Å². The summed E-state index contributed by atoms with van der Waals surface area (Å²) in [5, 5.41) is 0. The van der Waals surface area contributed by atoms with Crippen LogP contribution >= 0.6 is 33.2 Å². The molecular weight excluding hydrogens is 450 g/mol. The maximum atomic E-state index is 13.7. The second kappa shape index (κ2) is 7.01. The molecule has 0 heterocycles. The van der Waals surface area contributed by atoms with Crippen LogP contribution < -0.4 is 0 Å². The van der Waals surface area contributed by atoms with Crippen LogP contribution in [-0.2, 0) is 12.3 Å². The van der Waals surface area contributed by atoms with Gasteiger partial charge in [-0.3, -0.25) is 0 Å². The predicted molar refractivity (Wildman–Crippen MR) is 78.1 cm³/mol. The van der Waals surface area contributed by atoms with Crippen LogP contribution in [0.3, 0.4) is 0 Å². The van der Waals surface area contributed by atoms with Gasteiger partial charge in [0.1, 0.15) is 0 Å². The van der Waals surface area contributed by atoms with Crippen LogP contribution in [0.2, 0.25) is 6.04 Å². The third-order valence-corrected chi connectivity index (χ3v) is 5.68. The minimum absolute atomic E-state index is 0.0652. The number of hydrogen-bond acceptors (Lipinski definition) is 0. The summed E-state index contributed by atoms with van der Waals surface area (Å²) < 4.78 is 116. The van der Waals surface area contributed by atoms with Gasteiger partial charge in [0, 0.05) is 5.56 Å². The van der Waals surface area contributed by atoms with E-state index in [0.29, 0.717) is 12.1 Å². The molecule has 25 heavy (non-hydrogen) atoms. The SMILES string of the molecule is FC(F)(F)C(F)(F)C(F)(F)C(F)(F)c1ccc(CC[Si](Cl)(Cl)Cl)cc1. The first-order chi connectivity index (χ1) is 10.9. The zero-order valence-electron chi connectivity index (χ0n) is 11.8. The Balaban J connectivity index is 3.13. The molecule has 144 valence electrons. The van der Waals surface area contributed by atoms with Gasteiger partial charge in [-0.2, -0.15) is 39.5 Å². The molecule has 0 atom stereocenters. The zero-order valence-corrected chi connectivity index (χ0v) is 15.0. The van der Waals surface area contributed by atoms with E-state index < -0.39 is 35.5 Å². The summed E-state index contributed by atoms with van der Waals surface area (Å²) >= 11 is 16.8. The standard InChI is InChI=1S/C12H8Cl3F9Si/c13-25(14,15)6-5-7-1-3-8(4-2-7)9(16,17)10(18,19)11(20,21)12(22,23)24/h1-4H,5-6H2. The van der Waals surface area contributed by atoms with Crippen LogP contribution in [0.1, 0.15) is 11.1 Å². The highest BCUT2D eigenvalue weighted by atomic mass is 35.8. The summed E-state index contributed by atoms with van der Waals surface area (Å²) in [6.45, 7) is 0. The Kier molecular flexibility index (Phi) is 6.37. The molecule has 0 spiro atoms. The van der Waals surface area contributed by atoms with Crippen LogP contribution in [0, 0.1) is 0 Å². The Hall–Kier alpha value is -0.323. The topological polar surface area (TPSA) is 0 Å². The van der Waals surface area contributed by atoms with E-state index in [4.69, 9.17) is 33.2 Å². The fraction of sp³-hybridized carbons (Fsp3) is 0.500. The molecule has 0 amide bonds. The lowest BCUT2D eigenvalue weighted by atomic mass is 9.96. The number of hydrogen-bond donors (Lipinski definition) is 0. The monoisotopic (exact) mass is 456 g/mol. The van der Waals surface area contributed by atoms with E-state index in [-0.39, 0.29) is 18.0 Å². The van der Waals surface area contributed by atoms with Crippen molar-refractivity contribution in [3.63, 3.8) is 0 Å². The van der Waals surface area contributed by atoms with E-state index in [2.05, 4.69) is 0 Å². The van der Waals surface area contributed by atoms with E-state index >= 15 is 0 Å². The molecule has 0 aliphatic heterocycles. The van der Waals surface area contributed by atoms with Gasteiger partial charge in [-0.25, -0.2) is 0 Å². The van der Waals surface area contributed by atoms with Crippen molar-refractivity contribution in [1.29, 1.82) is 0 Å². The average Bonchev–Trinajstić information content (AvgIpc) is 2.43. The summed E-state index contributed by atoms with van der Waals surface area (Å²) in [5.74, 6) is -19.4. The molecule has 0 unspecified atom stereocenters. The molecule has 0 nitrogen and oxygen atoms in total. The van der Waals surface area contributed by atoms with Gasteiger partial charge >= 0.3 is 29.9 Å². The minimum atomic E-state index is -6.93. The quantitative estimate of drug-likeness (QED) is 0.250. The van der Waals surface area contributed by atoms with Crippen molar-refractivity contribution in [1.82, 2.24) is 0 Å². The largest absolute Gasteiger partial charge is 0.460 e. The number of aryl methyl sites for hydroxylation is 1. The number of alkyl halides is 9. The normalized spacial score (nSPS) is 14.7. The first-order valence-corrected chi connectivity index (χ1v) is 11.5. The van der Waals surface area contributed by atoms with E-state index in [1.165, 1.54) is 0 Å². The van der Waals surface area contributed by atoms with Crippen molar-refractivity contribution < 1.29 is 39.5 Å². The Morgan fingerprint density at radius 3 is 1.52 bits per heavy atom. The van der Waals surface area contributed by atoms with Crippen molar-refractivity contribution in [2.24, 2.45) is 0 Å². The molecule has 1 rings (SSSR count). The first-order valence-electron chi connectivity index (χ1n) is 6.30. The molecular formula is C12H8Cl3F9Si. The Morgan fingerprint density at radius 2 is 1.16 bits per heavy atom. The summed E-state index contributed by atoms with van der Waals surface area (Å²) in [7, 11) is 0. The summed E-state index contributed by atoms with van der Waals surface area (Å²) in [6, 6.07) is -0.604.